The molecule has 3 aromatic heterocycles. The molecule has 8 heteroatoms. The van der Waals surface area contributed by atoms with Gasteiger partial charge < -0.3 is 10.7 Å². The van der Waals surface area contributed by atoms with E-state index in [0.717, 1.165) is 44.7 Å². The van der Waals surface area contributed by atoms with Crippen molar-refractivity contribution in [3.63, 3.8) is 0 Å². The highest BCUT2D eigenvalue weighted by atomic mass is 15.3. The number of aromatic nitrogens is 5. The maximum absolute atomic E-state index is 9.53. The van der Waals surface area contributed by atoms with E-state index in [1.807, 2.05) is 73.9 Å². The van der Waals surface area contributed by atoms with E-state index in [0.29, 0.717) is 5.84 Å². The molecule has 5 aromatic rings. The fourth-order valence-corrected chi connectivity index (χ4v) is 3.91. The van der Waals surface area contributed by atoms with Crippen LogP contribution in [0.1, 0.15) is 29.2 Å². The molecular weight excluding hydrogens is 424 g/mol. The van der Waals surface area contributed by atoms with Crippen molar-refractivity contribution in [3.8, 4) is 17.3 Å². The lowest BCUT2D eigenvalue weighted by Gasteiger charge is -2.16. The average Bonchev–Trinajstić information content (AvgIpc) is 3.54. The summed E-state index contributed by atoms with van der Waals surface area (Å²) in [6.07, 6.45) is 7.28. The molecule has 3 heterocycles. The number of amidine groups is 1. The largest absolute Gasteiger partial charge is 0.383 e. The van der Waals surface area contributed by atoms with E-state index in [9.17, 15) is 5.26 Å². The molecule has 0 amide bonds. The Balaban J connectivity index is 1.48. The van der Waals surface area contributed by atoms with Gasteiger partial charge in [0, 0.05) is 28.9 Å². The minimum Gasteiger partial charge on any atom is -0.383 e. The first-order valence-electron chi connectivity index (χ1n) is 10.8. The lowest BCUT2D eigenvalue weighted by molar-refractivity contribution is 0.532. The number of hydrogen-bond acceptors (Lipinski definition) is 5. The molecule has 0 aliphatic rings. The Hall–Kier alpha value is -4.77. The molecule has 0 aliphatic carbocycles. The lowest BCUT2D eigenvalue weighted by atomic mass is 10.0. The number of H-pyrrole nitrogens is 1. The van der Waals surface area contributed by atoms with E-state index in [4.69, 9.17) is 5.73 Å². The third-order valence-electron chi connectivity index (χ3n) is 5.68. The Morgan fingerprint density at radius 2 is 2.03 bits per heavy atom. The first-order valence-corrected chi connectivity index (χ1v) is 10.8. The summed E-state index contributed by atoms with van der Waals surface area (Å²) in [6, 6.07) is 19.6. The van der Waals surface area contributed by atoms with Crippen LogP contribution in [0.5, 0.6) is 0 Å². The van der Waals surface area contributed by atoms with Gasteiger partial charge in [0.05, 0.1) is 36.1 Å². The van der Waals surface area contributed by atoms with Crippen molar-refractivity contribution < 1.29 is 0 Å². The molecule has 0 spiro atoms. The molecule has 8 nitrogen and oxygen atoms in total. The quantitative estimate of drug-likeness (QED) is 0.290. The first-order chi connectivity index (χ1) is 16.6. The van der Waals surface area contributed by atoms with Gasteiger partial charge in [0.1, 0.15) is 17.8 Å². The van der Waals surface area contributed by atoms with E-state index < -0.39 is 0 Å². The van der Waals surface area contributed by atoms with Crippen LogP contribution in [-0.4, -0.2) is 30.6 Å². The second-order valence-electron chi connectivity index (χ2n) is 8.01. The number of fused-ring (bicyclic) bond motifs is 1. The van der Waals surface area contributed by atoms with E-state index in [1.54, 1.807) is 10.9 Å². The predicted molar refractivity (Wildman–Crippen MR) is 131 cm³/mol. The van der Waals surface area contributed by atoms with E-state index in [1.165, 1.54) is 6.33 Å². The summed E-state index contributed by atoms with van der Waals surface area (Å²) in [4.78, 5) is 16.3. The molecule has 0 saturated carbocycles. The summed E-state index contributed by atoms with van der Waals surface area (Å²) in [5.74, 6) is 0.415. The molecule has 0 bridgehead atoms. The molecule has 166 valence electrons. The number of benzene rings is 2. The van der Waals surface area contributed by atoms with Crippen LogP contribution in [0.3, 0.4) is 0 Å². The van der Waals surface area contributed by atoms with Crippen LogP contribution in [-0.2, 0) is 0 Å². The maximum Gasteiger partial charge on any atom is 0.141 e. The van der Waals surface area contributed by atoms with Gasteiger partial charge in [0.15, 0.2) is 0 Å². The van der Waals surface area contributed by atoms with Gasteiger partial charge in [-0.25, -0.2) is 15.0 Å². The van der Waals surface area contributed by atoms with Gasteiger partial charge in [-0.05, 0) is 36.8 Å². The Bertz CT molecular complexity index is 1520. The van der Waals surface area contributed by atoms with E-state index in [-0.39, 0.29) is 12.5 Å². The summed E-state index contributed by atoms with van der Waals surface area (Å²) in [5.41, 5.74) is 12.4. The molecule has 0 fully saturated rings. The molecule has 1 atom stereocenters. The van der Waals surface area contributed by atoms with Gasteiger partial charge in [-0.3, -0.25) is 4.68 Å². The summed E-state index contributed by atoms with van der Waals surface area (Å²) in [7, 11) is 0. The summed E-state index contributed by atoms with van der Waals surface area (Å²) < 4.78 is 1.80. The van der Waals surface area contributed by atoms with E-state index >= 15 is 0 Å². The zero-order valence-corrected chi connectivity index (χ0v) is 18.6. The number of aliphatic imine (C=N–C) groups is 1. The van der Waals surface area contributed by atoms with Crippen molar-refractivity contribution in [2.45, 2.75) is 19.4 Å². The summed E-state index contributed by atoms with van der Waals surface area (Å²) in [5, 5.41) is 15.0. The summed E-state index contributed by atoms with van der Waals surface area (Å²) >= 11 is 0. The minimum atomic E-state index is -0.283. The lowest BCUT2D eigenvalue weighted by Crippen LogP contribution is -2.15. The van der Waals surface area contributed by atoms with Crippen LogP contribution in [0.25, 0.3) is 22.3 Å². The highest BCUT2D eigenvalue weighted by Gasteiger charge is 2.18. The number of nitriles is 1. The van der Waals surface area contributed by atoms with Crippen molar-refractivity contribution in [2.75, 3.05) is 0 Å². The topological polar surface area (TPSA) is 122 Å². The number of nitrogens with two attached hydrogens (primary N) is 1. The van der Waals surface area contributed by atoms with Crippen LogP contribution in [0.2, 0.25) is 0 Å². The van der Waals surface area contributed by atoms with Crippen LogP contribution in [0.4, 0.5) is 5.69 Å². The Kier molecular flexibility index (Phi) is 5.58. The monoisotopic (exact) mass is 446 g/mol. The van der Waals surface area contributed by atoms with Gasteiger partial charge in [-0.2, -0.15) is 10.4 Å². The average molecular weight is 447 g/mol. The molecule has 1 unspecified atom stereocenters. The second-order valence-corrected chi connectivity index (χ2v) is 8.01. The van der Waals surface area contributed by atoms with Crippen molar-refractivity contribution in [1.82, 2.24) is 24.7 Å². The molecule has 5 rings (SSSR count). The third-order valence-corrected chi connectivity index (χ3v) is 5.68. The zero-order valence-electron chi connectivity index (χ0n) is 18.6. The van der Waals surface area contributed by atoms with Crippen molar-refractivity contribution >= 4 is 22.6 Å². The number of hydrogen-bond donors (Lipinski definition) is 2. The molecule has 0 radical (unpaired) electrons. The highest BCUT2D eigenvalue weighted by molar-refractivity contribution is 5.99. The molecule has 2 aromatic carbocycles. The normalized spacial score (nSPS) is 12.5. The van der Waals surface area contributed by atoms with Gasteiger partial charge >= 0.3 is 0 Å². The van der Waals surface area contributed by atoms with Crippen LogP contribution >= 0.6 is 0 Å². The maximum atomic E-state index is 9.53. The smallest absolute Gasteiger partial charge is 0.141 e. The SMILES string of the molecule is Cc1ccc(N=C(N)c2cccc(C(CC#N)n3cc(-c4ncnc5[nH]ccc45)cn3)c2)cc1. The number of aryl methyl sites for hydroxylation is 1. The van der Waals surface area contributed by atoms with Gasteiger partial charge in [-0.1, -0.05) is 35.9 Å². The first kappa shape index (κ1) is 21.1. The number of rotatable bonds is 6. The predicted octanol–water partition coefficient (Wildman–Crippen LogP) is 4.67. The highest BCUT2D eigenvalue weighted by Crippen LogP contribution is 2.28. The zero-order chi connectivity index (χ0) is 23.5. The molecular formula is C26H22N8. The molecule has 0 aliphatic heterocycles. The fourth-order valence-electron chi connectivity index (χ4n) is 3.91. The number of nitrogens with zero attached hydrogens (tertiary/aromatic N) is 6. The van der Waals surface area contributed by atoms with Gasteiger partial charge in [0.25, 0.3) is 0 Å². The number of nitrogens with one attached hydrogen (secondary N) is 1. The summed E-state index contributed by atoms with van der Waals surface area (Å²) in [6.45, 7) is 2.03. The van der Waals surface area contributed by atoms with Crippen LogP contribution in [0.15, 0.2) is 84.5 Å². The van der Waals surface area contributed by atoms with Crippen LogP contribution < -0.4 is 5.73 Å². The third kappa shape index (κ3) is 4.14. The van der Waals surface area contributed by atoms with Crippen LogP contribution in [0, 0.1) is 18.3 Å². The van der Waals surface area contributed by atoms with E-state index in [2.05, 4.69) is 31.1 Å². The Morgan fingerprint density at radius 1 is 1.18 bits per heavy atom. The van der Waals surface area contributed by atoms with Crippen molar-refractivity contribution in [1.29, 1.82) is 5.26 Å². The van der Waals surface area contributed by atoms with Gasteiger partial charge in [-0.15, -0.1) is 0 Å². The Morgan fingerprint density at radius 3 is 2.85 bits per heavy atom. The molecule has 3 N–H and O–H groups in total. The Labute approximate surface area is 196 Å². The molecule has 0 saturated heterocycles. The van der Waals surface area contributed by atoms with Gasteiger partial charge in [0.2, 0.25) is 0 Å². The second kappa shape index (κ2) is 9.00. The standard InChI is InChI=1S/C26H22N8/c1-17-5-7-21(8-6-17)33-25(28)19-4-2-3-18(13-19)23(9-11-27)34-15-20(14-32-34)24-22-10-12-29-26(22)31-16-30-24/h2-8,10,12-16,23H,9H2,1H3,(H2,28,33)(H,29,30,31). The van der Waals surface area contributed by atoms with Crippen molar-refractivity contribution in [2.24, 2.45) is 10.7 Å². The minimum absolute atomic E-state index is 0.253. The van der Waals surface area contributed by atoms with Crippen molar-refractivity contribution in [3.05, 3.63) is 96.2 Å². The fraction of sp³-hybridized carbons (Fsp3) is 0.115. The number of aromatic amines is 1. The molecule has 34 heavy (non-hydrogen) atoms.